The maximum absolute atomic E-state index is 4.61. The fourth-order valence-corrected chi connectivity index (χ4v) is 1.53. The van der Waals surface area contributed by atoms with Crippen LogP contribution in [-0.4, -0.2) is 24.2 Å². The zero-order valence-corrected chi connectivity index (χ0v) is 10.6. The monoisotopic (exact) mass is 223 g/mol. The van der Waals surface area contributed by atoms with Crippen LogP contribution in [0.2, 0.25) is 0 Å². The number of nitrogens with one attached hydrogen (secondary N) is 1. The second kappa shape index (κ2) is 7.22. The zero-order chi connectivity index (χ0) is 10.9. The van der Waals surface area contributed by atoms with E-state index in [9.17, 15) is 0 Å². The van der Waals surface area contributed by atoms with Gasteiger partial charge in [-0.15, -0.1) is 0 Å². The van der Waals surface area contributed by atoms with Crippen molar-refractivity contribution in [3.8, 4) is 0 Å². The van der Waals surface area contributed by atoms with Gasteiger partial charge in [-0.2, -0.15) is 0 Å². The molecule has 0 aromatic heterocycles. The van der Waals surface area contributed by atoms with Crippen molar-refractivity contribution in [1.82, 2.24) is 5.32 Å². The molecule has 3 nitrogen and oxygen atoms in total. The molecule has 0 atom stereocenters. The first-order valence-corrected chi connectivity index (χ1v) is 5.99. The number of hydrogen-bond acceptors (Lipinski definition) is 3. The molecule has 4 heteroatoms. The van der Waals surface area contributed by atoms with Gasteiger partial charge < -0.3 is 14.2 Å². The molecule has 82 valence electrons. The molecule has 1 aromatic rings. The van der Waals surface area contributed by atoms with Crippen LogP contribution in [0.15, 0.2) is 30.5 Å². The third-order valence-electron chi connectivity index (χ3n) is 1.96. The van der Waals surface area contributed by atoms with Crippen LogP contribution in [0.3, 0.4) is 0 Å². The average molecular weight is 223 g/mol. The summed E-state index contributed by atoms with van der Waals surface area (Å²) in [5.74, 6) is 0. The van der Waals surface area contributed by atoms with E-state index in [1.54, 1.807) is 14.2 Å². The predicted octanol–water partition coefficient (Wildman–Crippen LogP) is 1.04. The number of hydrogen-bond donors (Lipinski definition) is 1. The summed E-state index contributed by atoms with van der Waals surface area (Å²) in [5.41, 5.74) is 2.71. The van der Waals surface area contributed by atoms with Gasteiger partial charge in [0.1, 0.15) is 0 Å². The van der Waals surface area contributed by atoms with Crippen LogP contribution >= 0.6 is 0 Å². The van der Waals surface area contributed by atoms with E-state index in [1.807, 2.05) is 6.20 Å². The summed E-state index contributed by atoms with van der Waals surface area (Å²) >= 11 is 0. The Morgan fingerprint density at radius 3 is 2.53 bits per heavy atom. The lowest BCUT2D eigenvalue weighted by Crippen LogP contribution is -2.09. The van der Waals surface area contributed by atoms with Gasteiger partial charge in [0.15, 0.2) is 0 Å². The van der Waals surface area contributed by atoms with E-state index in [0.29, 0.717) is 0 Å². The van der Waals surface area contributed by atoms with Crippen LogP contribution < -0.4 is 5.32 Å². The largest absolute Gasteiger partial charge is 0.402 e. The highest BCUT2D eigenvalue weighted by Gasteiger charge is 1.99. The summed E-state index contributed by atoms with van der Waals surface area (Å²) in [4.78, 5) is 0. The number of rotatable bonds is 2. The van der Waals surface area contributed by atoms with Crippen molar-refractivity contribution < 1.29 is 8.85 Å². The molecular weight excluding hydrogens is 206 g/mol. The average Bonchev–Trinajstić information content (AvgIpc) is 2.31. The SMILES string of the molecule is C1=Cc2ccccc2CN1.CO[SiH2]OC. The summed E-state index contributed by atoms with van der Waals surface area (Å²) in [6, 6.07) is 8.41. The highest BCUT2D eigenvalue weighted by atomic mass is 28.3. The molecule has 0 bridgehead atoms. The lowest BCUT2D eigenvalue weighted by atomic mass is 10.1. The van der Waals surface area contributed by atoms with E-state index in [1.165, 1.54) is 11.1 Å². The van der Waals surface area contributed by atoms with E-state index in [0.717, 1.165) is 6.54 Å². The van der Waals surface area contributed by atoms with Crippen molar-refractivity contribution in [1.29, 1.82) is 0 Å². The van der Waals surface area contributed by atoms with Crippen LogP contribution in [-0.2, 0) is 15.4 Å². The summed E-state index contributed by atoms with van der Waals surface area (Å²) in [7, 11) is 2.73. The Kier molecular flexibility index (Phi) is 5.76. The fraction of sp³-hybridized carbons (Fsp3) is 0.273. The smallest absolute Gasteiger partial charge is 0.303 e. The van der Waals surface area contributed by atoms with E-state index in [2.05, 4.69) is 44.5 Å². The molecule has 15 heavy (non-hydrogen) atoms. The molecule has 0 saturated heterocycles. The molecule has 0 saturated carbocycles. The molecule has 0 radical (unpaired) electrons. The summed E-state index contributed by atoms with van der Waals surface area (Å²) in [5, 5.41) is 3.16. The van der Waals surface area contributed by atoms with Gasteiger partial charge in [-0.05, 0) is 23.4 Å². The van der Waals surface area contributed by atoms with Crippen molar-refractivity contribution in [2.24, 2.45) is 0 Å². The van der Waals surface area contributed by atoms with E-state index in [-0.39, 0.29) is 0 Å². The maximum Gasteiger partial charge on any atom is 0.303 e. The highest BCUT2D eigenvalue weighted by molar-refractivity contribution is 6.17. The summed E-state index contributed by atoms with van der Waals surface area (Å²) < 4.78 is 9.22. The van der Waals surface area contributed by atoms with Crippen molar-refractivity contribution in [2.75, 3.05) is 14.2 Å². The van der Waals surface area contributed by atoms with Crippen molar-refractivity contribution in [2.45, 2.75) is 6.54 Å². The zero-order valence-electron chi connectivity index (χ0n) is 9.19. The molecule has 1 aliphatic rings. The Hall–Kier alpha value is -1.10. The Bertz CT molecular complexity index is 313. The highest BCUT2D eigenvalue weighted by Crippen LogP contribution is 2.12. The first-order valence-electron chi connectivity index (χ1n) is 4.84. The first-order chi connectivity index (χ1) is 7.38. The van der Waals surface area contributed by atoms with Gasteiger partial charge in [0, 0.05) is 20.8 Å². The van der Waals surface area contributed by atoms with Gasteiger partial charge in [-0.1, -0.05) is 24.3 Å². The van der Waals surface area contributed by atoms with Gasteiger partial charge >= 0.3 is 10.0 Å². The lowest BCUT2D eigenvalue weighted by molar-refractivity contribution is 0.309. The van der Waals surface area contributed by atoms with Crippen molar-refractivity contribution in [3.63, 3.8) is 0 Å². The number of fused-ring (bicyclic) bond motifs is 1. The lowest BCUT2D eigenvalue weighted by Gasteiger charge is -2.10. The van der Waals surface area contributed by atoms with Crippen LogP contribution in [0.5, 0.6) is 0 Å². The van der Waals surface area contributed by atoms with Crippen molar-refractivity contribution in [3.05, 3.63) is 41.6 Å². The van der Waals surface area contributed by atoms with Crippen LogP contribution in [0, 0.1) is 0 Å². The molecule has 2 rings (SSSR count). The maximum atomic E-state index is 4.61. The van der Waals surface area contributed by atoms with Gasteiger partial charge in [0.2, 0.25) is 0 Å². The molecule has 0 fully saturated rings. The molecule has 0 amide bonds. The minimum Gasteiger partial charge on any atom is -0.402 e. The second-order valence-corrected chi connectivity index (χ2v) is 4.50. The van der Waals surface area contributed by atoms with Gasteiger partial charge in [0.05, 0.1) is 0 Å². The third kappa shape index (κ3) is 4.29. The Balaban J connectivity index is 0.000000195. The van der Waals surface area contributed by atoms with Gasteiger partial charge in [0.25, 0.3) is 0 Å². The van der Waals surface area contributed by atoms with Crippen LogP contribution in [0.1, 0.15) is 11.1 Å². The fourth-order valence-electron chi connectivity index (χ4n) is 1.29. The molecular formula is C11H17NO2Si. The predicted molar refractivity (Wildman–Crippen MR) is 64.9 cm³/mol. The molecule has 0 aliphatic carbocycles. The molecule has 0 spiro atoms. The normalized spacial score (nSPS) is 12.1. The van der Waals surface area contributed by atoms with E-state index < -0.39 is 10.0 Å². The van der Waals surface area contributed by atoms with Gasteiger partial charge in [-0.3, -0.25) is 0 Å². The van der Waals surface area contributed by atoms with Crippen LogP contribution in [0.4, 0.5) is 0 Å². The van der Waals surface area contributed by atoms with E-state index in [4.69, 9.17) is 0 Å². The third-order valence-corrected chi connectivity index (χ3v) is 2.44. The van der Waals surface area contributed by atoms with Crippen molar-refractivity contribution >= 4 is 16.1 Å². The molecule has 1 aliphatic heterocycles. The topological polar surface area (TPSA) is 30.5 Å². The molecule has 1 heterocycles. The quantitative estimate of drug-likeness (QED) is 0.760. The molecule has 0 unspecified atom stereocenters. The second-order valence-electron chi connectivity index (χ2n) is 3.11. The van der Waals surface area contributed by atoms with Gasteiger partial charge in [-0.25, -0.2) is 0 Å². The standard InChI is InChI=1S/C9H9N.C2H8O2Si/c1-2-4-9-7-10-6-5-8(9)3-1;1-3-5-4-2/h1-6,10H,7H2;5H2,1-2H3. The Morgan fingerprint density at radius 2 is 1.93 bits per heavy atom. The first kappa shape index (κ1) is 12.0. The minimum atomic E-state index is -0.568. The number of benzene rings is 1. The summed E-state index contributed by atoms with van der Waals surface area (Å²) in [6.45, 7) is 0.965. The Morgan fingerprint density at radius 1 is 1.20 bits per heavy atom. The summed E-state index contributed by atoms with van der Waals surface area (Å²) in [6.07, 6.45) is 4.08. The minimum absolute atomic E-state index is 0.568. The van der Waals surface area contributed by atoms with Crippen LogP contribution in [0.25, 0.3) is 6.08 Å². The molecule has 1 N–H and O–H groups in total. The molecule has 1 aromatic carbocycles. The Labute approximate surface area is 93.2 Å². The van der Waals surface area contributed by atoms with E-state index >= 15 is 0 Å².